The molecule has 1 aromatic carbocycles. The summed E-state index contributed by atoms with van der Waals surface area (Å²) in [5.74, 6) is -1.55. The number of benzene rings is 1. The molecular formula is C18H15F3N2O2S. The van der Waals surface area contributed by atoms with Crippen molar-refractivity contribution >= 4 is 17.1 Å². The number of Topliss-reactive ketones (excluding diaryl/α,β-unsaturated/α-hetero) is 1. The molecule has 0 saturated carbocycles. The van der Waals surface area contributed by atoms with Crippen molar-refractivity contribution in [3.63, 3.8) is 0 Å². The lowest BCUT2D eigenvalue weighted by Gasteiger charge is -2.18. The third-order valence-electron chi connectivity index (χ3n) is 3.72. The van der Waals surface area contributed by atoms with E-state index in [0.717, 1.165) is 11.6 Å². The highest BCUT2D eigenvalue weighted by molar-refractivity contribution is 7.17. The Balaban J connectivity index is 1.85. The Morgan fingerprint density at radius 2 is 1.58 bits per heavy atom. The molecule has 0 aliphatic heterocycles. The second-order valence-corrected chi connectivity index (χ2v) is 7.81. The number of hydrogen-bond acceptors (Lipinski definition) is 5. The van der Waals surface area contributed by atoms with Crippen molar-refractivity contribution in [3.05, 3.63) is 46.8 Å². The molecule has 8 heteroatoms. The Morgan fingerprint density at radius 3 is 2.15 bits per heavy atom. The Hall–Kier alpha value is -2.48. The van der Waals surface area contributed by atoms with Gasteiger partial charge in [0, 0.05) is 5.56 Å². The molecule has 0 radical (unpaired) electrons. The molecule has 4 nitrogen and oxygen atoms in total. The van der Waals surface area contributed by atoms with E-state index in [1.54, 1.807) is 0 Å². The molecule has 0 aliphatic rings. The Bertz CT molecular complexity index is 934. The van der Waals surface area contributed by atoms with Crippen molar-refractivity contribution in [1.29, 1.82) is 0 Å². The number of aromatic nitrogens is 2. The van der Waals surface area contributed by atoms with E-state index >= 15 is 0 Å². The van der Waals surface area contributed by atoms with Crippen LogP contribution in [-0.2, 0) is 5.41 Å². The molecule has 0 fully saturated rings. The number of alkyl halides is 3. The first-order chi connectivity index (χ1) is 12.1. The normalized spacial score (nSPS) is 12.4. The second kappa shape index (κ2) is 6.35. The standard InChI is InChI=1S/C18H15F3N2O2S/c1-17(2,3)11-6-4-10(5-7-11)15-22-23-16(25-15)13-9-8-12(26-13)14(24)18(19,20)21/h4-9H,1-3H3. The van der Waals surface area contributed by atoms with Gasteiger partial charge in [0.15, 0.2) is 0 Å². The van der Waals surface area contributed by atoms with E-state index in [-0.39, 0.29) is 17.2 Å². The van der Waals surface area contributed by atoms with Crippen molar-refractivity contribution < 1.29 is 22.4 Å². The van der Waals surface area contributed by atoms with Gasteiger partial charge in [0.25, 0.3) is 11.7 Å². The number of carbonyl (C=O) groups excluding carboxylic acids is 1. The van der Waals surface area contributed by atoms with Gasteiger partial charge >= 0.3 is 6.18 Å². The van der Waals surface area contributed by atoms with Gasteiger partial charge in [0.05, 0.1) is 9.75 Å². The molecule has 2 heterocycles. The minimum atomic E-state index is -4.91. The first kappa shape index (κ1) is 18.3. The Morgan fingerprint density at radius 1 is 0.962 bits per heavy atom. The van der Waals surface area contributed by atoms with Crippen molar-refractivity contribution in [2.75, 3.05) is 0 Å². The van der Waals surface area contributed by atoms with Crippen LogP contribution in [0.2, 0.25) is 0 Å². The molecule has 0 unspecified atom stereocenters. The molecule has 0 aliphatic carbocycles. The quantitative estimate of drug-likeness (QED) is 0.563. The number of nitrogens with zero attached hydrogens (tertiary/aromatic N) is 2. The van der Waals surface area contributed by atoms with Crippen LogP contribution in [0.3, 0.4) is 0 Å². The molecule has 3 rings (SSSR count). The molecule has 0 amide bonds. The third kappa shape index (κ3) is 3.70. The van der Waals surface area contributed by atoms with E-state index in [2.05, 4.69) is 31.0 Å². The summed E-state index contributed by atoms with van der Waals surface area (Å²) in [7, 11) is 0. The molecule has 26 heavy (non-hydrogen) atoms. The van der Waals surface area contributed by atoms with Crippen molar-refractivity contribution in [2.45, 2.75) is 32.4 Å². The number of thiophene rings is 1. The van der Waals surface area contributed by atoms with Gasteiger partial charge in [0.1, 0.15) is 0 Å². The minimum Gasteiger partial charge on any atom is -0.415 e. The van der Waals surface area contributed by atoms with Gasteiger partial charge in [-0.25, -0.2) is 0 Å². The number of halogens is 3. The fraction of sp³-hybridized carbons (Fsp3) is 0.278. The lowest BCUT2D eigenvalue weighted by atomic mass is 9.87. The van der Waals surface area contributed by atoms with Crippen molar-refractivity contribution in [3.8, 4) is 22.2 Å². The van der Waals surface area contributed by atoms with E-state index in [9.17, 15) is 18.0 Å². The average Bonchev–Trinajstić information content (AvgIpc) is 3.22. The van der Waals surface area contributed by atoms with Crippen LogP contribution in [0.1, 0.15) is 36.0 Å². The maximum atomic E-state index is 12.5. The number of ketones is 1. The lowest BCUT2D eigenvalue weighted by molar-refractivity contribution is -0.0882. The Kier molecular flexibility index (Phi) is 4.47. The van der Waals surface area contributed by atoms with Gasteiger partial charge in [-0.15, -0.1) is 21.5 Å². The van der Waals surface area contributed by atoms with Crippen LogP contribution < -0.4 is 0 Å². The number of carbonyl (C=O) groups is 1. The molecule has 0 N–H and O–H groups in total. The largest absolute Gasteiger partial charge is 0.455 e. The van der Waals surface area contributed by atoms with Gasteiger partial charge in [0.2, 0.25) is 5.89 Å². The van der Waals surface area contributed by atoms with Crippen LogP contribution in [0.15, 0.2) is 40.8 Å². The van der Waals surface area contributed by atoms with Gasteiger partial charge in [-0.2, -0.15) is 13.2 Å². The summed E-state index contributed by atoms with van der Waals surface area (Å²) in [5, 5.41) is 7.81. The van der Waals surface area contributed by atoms with Crippen LogP contribution in [0.4, 0.5) is 13.2 Å². The summed E-state index contributed by atoms with van der Waals surface area (Å²) in [5.41, 5.74) is 1.87. The van der Waals surface area contributed by atoms with Gasteiger partial charge in [-0.3, -0.25) is 4.79 Å². The van der Waals surface area contributed by atoms with Crippen molar-refractivity contribution in [1.82, 2.24) is 10.2 Å². The highest BCUT2D eigenvalue weighted by Crippen LogP contribution is 2.33. The molecule has 0 spiro atoms. The van der Waals surface area contributed by atoms with Crippen LogP contribution in [0, 0.1) is 0 Å². The summed E-state index contributed by atoms with van der Waals surface area (Å²) in [4.78, 5) is 11.2. The maximum Gasteiger partial charge on any atom is 0.455 e. The first-order valence-electron chi connectivity index (χ1n) is 7.72. The molecular weight excluding hydrogens is 365 g/mol. The monoisotopic (exact) mass is 380 g/mol. The van der Waals surface area contributed by atoms with Gasteiger partial charge < -0.3 is 4.42 Å². The van der Waals surface area contributed by atoms with Crippen LogP contribution in [0.5, 0.6) is 0 Å². The predicted octanol–water partition coefficient (Wildman–Crippen LogP) is 5.51. The first-order valence-corrected chi connectivity index (χ1v) is 8.53. The van der Waals surface area contributed by atoms with E-state index in [1.807, 2.05) is 24.3 Å². The molecule has 136 valence electrons. The Labute approximate surface area is 151 Å². The number of rotatable bonds is 3. The van der Waals surface area contributed by atoms with E-state index in [4.69, 9.17) is 4.42 Å². The van der Waals surface area contributed by atoms with E-state index in [0.29, 0.717) is 21.8 Å². The zero-order valence-electron chi connectivity index (χ0n) is 14.2. The highest BCUT2D eigenvalue weighted by Gasteiger charge is 2.40. The molecule has 2 aromatic heterocycles. The third-order valence-corrected chi connectivity index (χ3v) is 4.79. The summed E-state index contributed by atoms with van der Waals surface area (Å²) in [6.07, 6.45) is -4.91. The summed E-state index contributed by atoms with van der Waals surface area (Å²) >= 11 is 0.670. The van der Waals surface area contributed by atoms with Gasteiger partial charge in [-0.1, -0.05) is 32.9 Å². The summed E-state index contributed by atoms with van der Waals surface area (Å²) < 4.78 is 43.0. The molecule has 3 aromatic rings. The van der Waals surface area contributed by atoms with Gasteiger partial charge in [-0.05, 0) is 35.2 Å². The van der Waals surface area contributed by atoms with E-state index < -0.39 is 16.8 Å². The number of hydrogen-bond donors (Lipinski definition) is 0. The summed E-state index contributed by atoms with van der Waals surface area (Å²) in [6, 6.07) is 10.1. The predicted molar refractivity (Wildman–Crippen MR) is 92.1 cm³/mol. The summed E-state index contributed by atoms with van der Waals surface area (Å²) in [6.45, 7) is 6.30. The zero-order valence-corrected chi connectivity index (χ0v) is 15.0. The second-order valence-electron chi connectivity index (χ2n) is 6.73. The highest BCUT2D eigenvalue weighted by atomic mass is 32.1. The molecule has 0 saturated heterocycles. The molecule has 0 bridgehead atoms. The van der Waals surface area contributed by atoms with Crippen LogP contribution >= 0.6 is 11.3 Å². The fourth-order valence-electron chi connectivity index (χ4n) is 2.27. The molecule has 0 atom stereocenters. The lowest BCUT2D eigenvalue weighted by Crippen LogP contribution is -2.21. The average molecular weight is 380 g/mol. The fourth-order valence-corrected chi connectivity index (χ4v) is 3.15. The topological polar surface area (TPSA) is 56.0 Å². The van der Waals surface area contributed by atoms with E-state index in [1.165, 1.54) is 6.07 Å². The zero-order chi connectivity index (χ0) is 19.1. The van der Waals surface area contributed by atoms with Crippen molar-refractivity contribution in [2.24, 2.45) is 0 Å². The van der Waals surface area contributed by atoms with Crippen LogP contribution in [0.25, 0.3) is 22.2 Å². The van der Waals surface area contributed by atoms with Crippen LogP contribution in [-0.4, -0.2) is 22.2 Å². The SMILES string of the molecule is CC(C)(C)c1ccc(-c2nnc(-c3ccc(C(=O)C(F)(F)F)s3)o2)cc1. The maximum absolute atomic E-state index is 12.5. The smallest absolute Gasteiger partial charge is 0.415 e. The minimum absolute atomic E-state index is 0.0108.